The average Bonchev–Trinajstić information content (AvgIpc) is 3.74. The van der Waals surface area contributed by atoms with Crippen molar-refractivity contribution >= 4 is 54.6 Å². The van der Waals surface area contributed by atoms with Gasteiger partial charge in [0.1, 0.15) is 0 Å². The molecular weight excluding hydrogens is 625 g/mol. The van der Waals surface area contributed by atoms with Gasteiger partial charge in [0.15, 0.2) is 0 Å². The Kier molecular flexibility index (Phi) is 6.85. The normalized spacial score (nSPS) is 14.0. The van der Waals surface area contributed by atoms with Gasteiger partial charge in [0, 0.05) is 58.9 Å². The second-order valence-electron chi connectivity index (χ2n) is 13.1. The van der Waals surface area contributed by atoms with Gasteiger partial charge in [0.05, 0.1) is 16.9 Å². The van der Waals surface area contributed by atoms with E-state index in [0.717, 1.165) is 28.9 Å². The van der Waals surface area contributed by atoms with Gasteiger partial charge >= 0.3 is 0 Å². The van der Waals surface area contributed by atoms with Gasteiger partial charge in [-0.2, -0.15) is 0 Å². The Bertz CT molecular complexity index is 2770. The Morgan fingerprint density at radius 3 is 1.98 bits per heavy atom. The molecule has 1 unspecified atom stereocenters. The van der Waals surface area contributed by atoms with E-state index in [9.17, 15) is 0 Å². The first-order valence-electron chi connectivity index (χ1n) is 17.2. The fourth-order valence-electron chi connectivity index (χ4n) is 7.77. The molecule has 1 aliphatic rings. The molecule has 2 nitrogen and oxygen atoms in total. The minimum Gasteiger partial charge on any atom is -0.310 e. The Labute approximate surface area is 294 Å². The summed E-state index contributed by atoms with van der Waals surface area (Å²) in [7, 11) is 0. The molecule has 3 heteroatoms. The van der Waals surface area contributed by atoms with Crippen molar-refractivity contribution in [3.05, 3.63) is 180 Å². The summed E-state index contributed by atoms with van der Waals surface area (Å²) in [4.78, 5) is 5.16. The standard InChI is InChI=1S/C47H32N2S/c1-4-13-31(14-5-1)41-29-35(30-42(48-41)32-15-6-2-7-16-32)37-20-12-22-46-47(37)40-28-34(24-26-45(40)50-46)33-23-25-44-39(27-33)38-19-10-11-21-43(38)49(44)36-17-8-3-9-18-36/h1-22,24-30,33H,23H2. The second kappa shape index (κ2) is 11.8. The van der Waals surface area contributed by atoms with E-state index < -0.39 is 0 Å². The smallest absolute Gasteiger partial charge is 0.0715 e. The highest BCUT2D eigenvalue weighted by atomic mass is 32.1. The highest BCUT2D eigenvalue weighted by Gasteiger charge is 2.19. The van der Waals surface area contributed by atoms with E-state index in [1.54, 1.807) is 0 Å². The molecule has 1 aliphatic carbocycles. The van der Waals surface area contributed by atoms with Gasteiger partial charge in [0.25, 0.3) is 0 Å². The fraction of sp³-hybridized carbons (Fsp3) is 0.0426. The molecule has 0 radical (unpaired) electrons. The first kappa shape index (κ1) is 28.9. The topological polar surface area (TPSA) is 17.8 Å². The summed E-state index contributed by atoms with van der Waals surface area (Å²) in [6, 6.07) is 59.0. The summed E-state index contributed by atoms with van der Waals surface area (Å²) < 4.78 is 5.04. The molecule has 0 fully saturated rings. The molecule has 0 saturated carbocycles. The van der Waals surface area contributed by atoms with Crippen LogP contribution in [0.1, 0.15) is 17.9 Å². The number of hydrogen-bond donors (Lipinski definition) is 0. The molecule has 0 amide bonds. The third-order valence-corrected chi connectivity index (χ3v) is 11.3. The number of rotatable bonds is 5. The van der Waals surface area contributed by atoms with E-state index in [1.807, 2.05) is 11.3 Å². The minimum absolute atomic E-state index is 0.291. The molecule has 0 saturated heterocycles. The van der Waals surface area contributed by atoms with Crippen molar-refractivity contribution in [1.82, 2.24) is 9.55 Å². The number of para-hydroxylation sites is 2. The molecule has 3 aromatic heterocycles. The Hall–Kier alpha value is -6.03. The summed E-state index contributed by atoms with van der Waals surface area (Å²) in [6.45, 7) is 0. The van der Waals surface area contributed by atoms with E-state index in [-0.39, 0.29) is 0 Å². The Morgan fingerprint density at radius 1 is 0.560 bits per heavy atom. The lowest BCUT2D eigenvalue weighted by Crippen LogP contribution is -2.31. The maximum atomic E-state index is 5.16. The van der Waals surface area contributed by atoms with E-state index in [1.165, 1.54) is 64.0 Å². The molecule has 0 aliphatic heterocycles. The largest absolute Gasteiger partial charge is 0.310 e. The predicted octanol–water partition coefficient (Wildman–Crippen LogP) is 11.1. The molecule has 0 spiro atoms. The molecule has 3 heterocycles. The van der Waals surface area contributed by atoms with Crippen LogP contribution in [0.3, 0.4) is 0 Å². The highest BCUT2D eigenvalue weighted by molar-refractivity contribution is 7.25. The zero-order chi connectivity index (χ0) is 33.0. The third-order valence-electron chi connectivity index (χ3n) is 10.1. The van der Waals surface area contributed by atoms with Crippen molar-refractivity contribution in [3.63, 3.8) is 0 Å². The molecule has 0 N–H and O–H groups in total. The van der Waals surface area contributed by atoms with Gasteiger partial charge in [-0.15, -0.1) is 11.3 Å². The Morgan fingerprint density at radius 2 is 1.24 bits per heavy atom. The van der Waals surface area contributed by atoms with E-state index in [4.69, 9.17) is 4.98 Å². The molecule has 1 atom stereocenters. The Balaban J connectivity index is 1.14. The van der Waals surface area contributed by atoms with E-state index >= 15 is 0 Å². The van der Waals surface area contributed by atoms with Crippen LogP contribution in [0.15, 0.2) is 164 Å². The fourth-order valence-corrected chi connectivity index (χ4v) is 8.88. The van der Waals surface area contributed by atoms with Gasteiger partial charge in [0.2, 0.25) is 0 Å². The lowest BCUT2D eigenvalue weighted by atomic mass is 9.90. The number of benzene rings is 6. The van der Waals surface area contributed by atoms with E-state index in [2.05, 4.69) is 181 Å². The van der Waals surface area contributed by atoms with Crippen molar-refractivity contribution in [3.8, 4) is 39.3 Å². The van der Waals surface area contributed by atoms with Crippen molar-refractivity contribution in [2.45, 2.75) is 12.3 Å². The molecular formula is C47H32N2S. The monoisotopic (exact) mass is 656 g/mol. The number of aromatic nitrogens is 2. The molecule has 50 heavy (non-hydrogen) atoms. The number of fused-ring (bicyclic) bond motifs is 6. The van der Waals surface area contributed by atoms with Gasteiger partial charge < -0.3 is 4.57 Å². The first-order chi connectivity index (χ1) is 24.8. The molecule has 10 rings (SSSR count). The SMILES string of the molecule is C1=c2c(n(-c3ccccc3)c3ccccc23)=CCC1c1ccc2sc3cccc(-c4cc(-c5ccccc5)nc(-c5ccccc5)c4)c3c2c1. The van der Waals surface area contributed by atoms with Crippen LogP contribution in [0, 0.1) is 0 Å². The minimum atomic E-state index is 0.291. The lowest BCUT2D eigenvalue weighted by Gasteiger charge is -2.15. The maximum absolute atomic E-state index is 5.16. The molecule has 6 aromatic carbocycles. The van der Waals surface area contributed by atoms with Crippen LogP contribution in [0.25, 0.3) is 82.6 Å². The van der Waals surface area contributed by atoms with Crippen LogP contribution < -0.4 is 10.6 Å². The van der Waals surface area contributed by atoms with Gasteiger partial charge in [-0.05, 0) is 71.6 Å². The molecule has 9 aromatic rings. The zero-order valence-electron chi connectivity index (χ0n) is 27.3. The lowest BCUT2D eigenvalue weighted by molar-refractivity contribution is 0.909. The summed E-state index contributed by atoms with van der Waals surface area (Å²) in [5.41, 5.74) is 10.4. The number of pyridine rings is 1. The summed E-state index contributed by atoms with van der Waals surface area (Å²) in [5.74, 6) is 0.291. The van der Waals surface area contributed by atoms with Gasteiger partial charge in [-0.3, -0.25) is 0 Å². The van der Waals surface area contributed by atoms with Crippen molar-refractivity contribution in [1.29, 1.82) is 0 Å². The third kappa shape index (κ3) is 4.81. The van der Waals surface area contributed by atoms with Crippen LogP contribution in [-0.2, 0) is 0 Å². The molecule has 236 valence electrons. The van der Waals surface area contributed by atoms with Gasteiger partial charge in [-0.1, -0.05) is 127 Å². The number of nitrogens with zero attached hydrogens (tertiary/aromatic N) is 2. The van der Waals surface area contributed by atoms with Gasteiger partial charge in [-0.25, -0.2) is 4.98 Å². The summed E-state index contributed by atoms with van der Waals surface area (Å²) in [5, 5.41) is 6.57. The predicted molar refractivity (Wildman–Crippen MR) is 212 cm³/mol. The number of hydrogen-bond acceptors (Lipinski definition) is 2. The number of thiophene rings is 1. The highest BCUT2D eigenvalue weighted by Crippen LogP contribution is 2.43. The second-order valence-corrected chi connectivity index (χ2v) is 14.2. The molecule has 0 bridgehead atoms. The summed E-state index contributed by atoms with van der Waals surface area (Å²) >= 11 is 1.88. The zero-order valence-corrected chi connectivity index (χ0v) is 28.1. The maximum Gasteiger partial charge on any atom is 0.0715 e. The van der Waals surface area contributed by atoms with E-state index in [0.29, 0.717) is 5.92 Å². The van der Waals surface area contributed by atoms with Crippen LogP contribution in [0.4, 0.5) is 0 Å². The van der Waals surface area contributed by atoms with Crippen molar-refractivity contribution < 1.29 is 0 Å². The first-order valence-corrected chi connectivity index (χ1v) is 18.1. The van der Waals surface area contributed by atoms with Crippen LogP contribution in [-0.4, -0.2) is 9.55 Å². The van der Waals surface area contributed by atoms with Crippen LogP contribution in [0.2, 0.25) is 0 Å². The van der Waals surface area contributed by atoms with Crippen molar-refractivity contribution in [2.75, 3.05) is 0 Å². The van der Waals surface area contributed by atoms with Crippen LogP contribution >= 0.6 is 11.3 Å². The average molecular weight is 657 g/mol. The van der Waals surface area contributed by atoms with Crippen LogP contribution in [0.5, 0.6) is 0 Å². The van der Waals surface area contributed by atoms with Crippen molar-refractivity contribution in [2.24, 2.45) is 0 Å². The quantitative estimate of drug-likeness (QED) is 0.180. The summed E-state index contributed by atoms with van der Waals surface area (Å²) in [6.07, 6.45) is 5.91.